The second-order valence-electron chi connectivity index (χ2n) is 8.42. The van der Waals surface area contributed by atoms with Crippen LogP contribution in [0.15, 0.2) is 134 Å². The summed E-state index contributed by atoms with van der Waals surface area (Å²) in [5.74, 6) is 0. The molecule has 5 aromatic rings. The fourth-order valence-corrected chi connectivity index (χ4v) is 4.78. The minimum Gasteiger partial charge on any atom is -0.319 e. The molecular weight excluding hydrogens is 400 g/mol. The van der Waals surface area contributed by atoms with Crippen LogP contribution in [-0.2, 0) is 18.4 Å². The molecule has 33 heavy (non-hydrogen) atoms. The predicted molar refractivity (Wildman–Crippen MR) is 135 cm³/mol. The lowest BCUT2D eigenvalue weighted by Crippen LogP contribution is -2.36. The summed E-state index contributed by atoms with van der Waals surface area (Å²) >= 11 is 0. The van der Waals surface area contributed by atoms with Gasteiger partial charge < -0.3 is 4.57 Å². The first kappa shape index (κ1) is 21.0. The van der Waals surface area contributed by atoms with Gasteiger partial charge in [-0.3, -0.25) is 0 Å². The third-order valence-corrected chi connectivity index (χ3v) is 6.34. The van der Waals surface area contributed by atoms with Gasteiger partial charge in [-0.25, -0.2) is 4.98 Å². The molecule has 0 aliphatic heterocycles. The number of benzene rings is 4. The molecule has 0 saturated heterocycles. The van der Waals surface area contributed by atoms with E-state index in [1.807, 2.05) is 6.33 Å². The second kappa shape index (κ2) is 9.70. The molecule has 5 rings (SSSR count). The summed E-state index contributed by atoms with van der Waals surface area (Å²) < 4.78 is 2.30. The van der Waals surface area contributed by atoms with E-state index < -0.39 is 5.54 Å². The molecule has 0 radical (unpaired) electrons. The Morgan fingerprint density at radius 3 is 1.48 bits per heavy atom. The van der Waals surface area contributed by atoms with Gasteiger partial charge in [-0.15, -0.1) is 0 Å². The highest BCUT2D eigenvalue weighted by molar-refractivity contribution is 5.50. The summed E-state index contributed by atoms with van der Waals surface area (Å²) in [4.78, 5) is 4.85. The third-order valence-electron chi connectivity index (χ3n) is 6.34. The van der Waals surface area contributed by atoms with Crippen molar-refractivity contribution in [3.05, 3.63) is 162 Å². The van der Waals surface area contributed by atoms with Crippen molar-refractivity contribution >= 4 is 0 Å². The Bertz CT molecular complexity index is 1160. The van der Waals surface area contributed by atoms with Gasteiger partial charge >= 0.3 is 0 Å². The molecule has 0 spiro atoms. The second-order valence-corrected chi connectivity index (χ2v) is 8.42. The lowest BCUT2D eigenvalue weighted by Gasteiger charge is -2.37. The van der Waals surface area contributed by atoms with E-state index in [1.165, 1.54) is 22.3 Å². The van der Waals surface area contributed by atoms with Crippen LogP contribution in [0.5, 0.6) is 0 Å². The first-order chi connectivity index (χ1) is 16.4. The fourth-order valence-electron chi connectivity index (χ4n) is 4.78. The van der Waals surface area contributed by atoms with Crippen molar-refractivity contribution in [3.63, 3.8) is 0 Å². The Morgan fingerprint density at radius 2 is 1.00 bits per heavy atom. The minimum atomic E-state index is -0.492. The number of imidazole rings is 1. The standard InChI is InChI=1S/C31H28N2/c1-5-14-26(15-6-1)16-13-23-30-24-33(25-32-30)31(27-17-7-2-8-18-27,28-19-9-3-10-20-28)29-21-11-4-12-22-29/h1-12,14-15,17-22,24-25H,13,16,23H2. The zero-order valence-electron chi connectivity index (χ0n) is 18.7. The van der Waals surface area contributed by atoms with Crippen LogP contribution in [0.2, 0.25) is 0 Å². The Hall–Kier alpha value is -3.91. The zero-order valence-corrected chi connectivity index (χ0v) is 18.7. The van der Waals surface area contributed by atoms with Crippen LogP contribution in [0.4, 0.5) is 0 Å². The molecule has 0 bridgehead atoms. The minimum absolute atomic E-state index is 0.492. The first-order valence-corrected chi connectivity index (χ1v) is 11.6. The number of hydrogen-bond donors (Lipinski definition) is 0. The molecule has 0 aliphatic rings. The molecule has 4 aromatic carbocycles. The van der Waals surface area contributed by atoms with Crippen molar-refractivity contribution in [3.8, 4) is 0 Å². The molecule has 0 saturated carbocycles. The zero-order chi connectivity index (χ0) is 22.3. The smallest absolute Gasteiger partial charge is 0.121 e. The Kier molecular flexibility index (Phi) is 6.16. The van der Waals surface area contributed by atoms with Gasteiger partial charge in [0.1, 0.15) is 5.54 Å². The number of rotatable bonds is 8. The monoisotopic (exact) mass is 428 g/mol. The van der Waals surface area contributed by atoms with Gasteiger partial charge in [-0.2, -0.15) is 0 Å². The van der Waals surface area contributed by atoms with Crippen LogP contribution in [0.1, 0.15) is 34.4 Å². The molecule has 1 aromatic heterocycles. The van der Waals surface area contributed by atoms with Gasteiger partial charge in [0.2, 0.25) is 0 Å². The quantitative estimate of drug-likeness (QED) is 0.246. The lowest BCUT2D eigenvalue weighted by molar-refractivity contribution is 0.514. The normalized spacial score (nSPS) is 11.4. The summed E-state index contributed by atoms with van der Waals surface area (Å²) in [7, 11) is 0. The maximum absolute atomic E-state index is 4.85. The van der Waals surface area contributed by atoms with Crippen LogP contribution in [0, 0.1) is 0 Å². The van der Waals surface area contributed by atoms with Crippen molar-refractivity contribution in [2.45, 2.75) is 24.8 Å². The van der Waals surface area contributed by atoms with E-state index in [1.54, 1.807) is 0 Å². The molecular formula is C31H28N2. The van der Waals surface area contributed by atoms with Gasteiger partial charge in [0.05, 0.1) is 12.0 Å². The molecule has 0 N–H and O–H groups in total. The highest BCUT2D eigenvalue weighted by atomic mass is 15.1. The Morgan fingerprint density at radius 1 is 0.545 bits per heavy atom. The van der Waals surface area contributed by atoms with Crippen molar-refractivity contribution < 1.29 is 0 Å². The topological polar surface area (TPSA) is 17.8 Å². The number of aromatic nitrogens is 2. The Balaban J connectivity index is 1.57. The van der Waals surface area contributed by atoms with Gasteiger partial charge in [-0.05, 0) is 41.5 Å². The molecule has 0 atom stereocenters. The Labute approximate surface area is 196 Å². The predicted octanol–water partition coefficient (Wildman–Crippen LogP) is 6.90. The van der Waals surface area contributed by atoms with Gasteiger partial charge in [-0.1, -0.05) is 121 Å². The summed E-state index contributed by atoms with van der Waals surface area (Å²) in [5.41, 5.74) is 5.67. The molecule has 162 valence electrons. The SMILES string of the molecule is c1ccc(CCCc2cn(C(c3ccccc3)(c3ccccc3)c3ccccc3)cn2)cc1. The van der Waals surface area contributed by atoms with Gasteiger partial charge in [0, 0.05) is 6.20 Å². The summed E-state index contributed by atoms with van der Waals surface area (Å²) in [6, 6.07) is 42.9. The van der Waals surface area contributed by atoms with Crippen molar-refractivity contribution in [2.24, 2.45) is 0 Å². The third kappa shape index (κ3) is 4.25. The molecule has 0 aliphatic carbocycles. The molecule has 0 amide bonds. The van der Waals surface area contributed by atoms with E-state index in [0.717, 1.165) is 25.0 Å². The average molecular weight is 429 g/mol. The van der Waals surface area contributed by atoms with E-state index in [0.29, 0.717) is 0 Å². The van der Waals surface area contributed by atoms with Gasteiger partial charge in [0.15, 0.2) is 0 Å². The van der Waals surface area contributed by atoms with Crippen LogP contribution >= 0.6 is 0 Å². The van der Waals surface area contributed by atoms with Crippen LogP contribution < -0.4 is 0 Å². The van der Waals surface area contributed by atoms with E-state index >= 15 is 0 Å². The lowest BCUT2D eigenvalue weighted by atomic mass is 9.77. The average Bonchev–Trinajstić information content (AvgIpc) is 3.36. The molecule has 0 fully saturated rings. The molecule has 2 heteroatoms. The summed E-state index contributed by atoms with van der Waals surface area (Å²) in [6.07, 6.45) is 7.34. The number of hydrogen-bond acceptors (Lipinski definition) is 1. The largest absolute Gasteiger partial charge is 0.319 e. The molecule has 0 unspecified atom stereocenters. The number of nitrogens with zero attached hydrogens (tertiary/aromatic N) is 2. The van der Waals surface area contributed by atoms with Crippen molar-refractivity contribution in [1.29, 1.82) is 0 Å². The molecule has 1 heterocycles. The van der Waals surface area contributed by atoms with E-state index in [9.17, 15) is 0 Å². The van der Waals surface area contributed by atoms with Crippen LogP contribution in [-0.4, -0.2) is 9.55 Å². The maximum atomic E-state index is 4.85. The highest BCUT2D eigenvalue weighted by Crippen LogP contribution is 2.40. The summed E-state index contributed by atoms with van der Waals surface area (Å²) in [6.45, 7) is 0. The highest BCUT2D eigenvalue weighted by Gasteiger charge is 2.38. The van der Waals surface area contributed by atoms with Gasteiger partial charge in [0.25, 0.3) is 0 Å². The van der Waals surface area contributed by atoms with E-state index in [4.69, 9.17) is 4.98 Å². The van der Waals surface area contributed by atoms with Crippen molar-refractivity contribution in [1.82, 2.24) is 9.55 Å². The number of aryl methyl sites for hydroxylation is 2. The summed E-state index contributed by atoms with van der Waals surface area (Å²) in [5, 5.41) is 0. The van der Waals surface area contributed by atoms with Crippen LogP contribution in [0.3, 0.4) is 0 Å². The van der Waals surface area contributed by atoms with Crippen molar-refractivity contribution in [2.75, 3.05) is 0 Å². The molecule has 2 nitrogen and oxygen atoms in total. The van der Waals surface area contributed by atoms with Crippen LogP contribution in [0.25, 0.3) is 0 Å². The van der Waals surface area contributed by atoms with E-state index in [-0.39, 0.29) is 0 Å². The maximum Gasteiger partial charge on any atom is 0.121 e. The first-order valence-electron chi connectivity index (χ1n) is 11.6. The van der Waals surface area contributed by atoms with E-state index in [2.05, 4.69) is 132 Å². The fraction of sp³-hybridized carbons (Fsp3) is 0.129.